The van der Waals surface area contributed by atoms with Gasteiger partial charge in [-0.15, -0.1) is 0 Å². The summed E-state index contributed by atoms with van der Waals surface area (Å²) in [6.07, 6.45) is 0. The Balaban J connectivity index is 1.18. The van der Waals surface area contributed by atoms with E-state index in [0.29, 0.717) is 0 Å². The van der Waals surface area contributed by atoms with E-state index in [4.69, 9.17) is 4.74 Å². The minimum absolute atomic E-state index is 0.523. The van der Waals surface area contributed by atoms with Crippen molar-refractivity contribution in [2.24, 2.45) is 0 Å². The third kappa shape index (κ3) is 3.72. The normalized spacial score (nSPS) is 13.6. The number of fused-ring (bicyclic) bond motifs is 16. The van der Waals surface area contributed by atoms with Gasteiger partial charge in [0.2, 0.25) is 0 Å². The predicted octanol–water partition coefficient (Wildman–Crippen LogP) is 13.2. The van der Waals surface area contributed by atoms with E-state index >= 15 is 0 Å². The number of hydrogen-bond donors (Lipinski definition) is 0. The van der Waals surface area contributed by atoms with Crippen LogP contribution in [0.25, 0.3) is 71.3 Å². The molecule has 1 aromatic heterocycles. The molecule has 12 rings (SSSR count). The largest absolute Gasteiger partial charge is 0.456 e. The van der Waals surface area contributed by atoms with Crippen LogP contribution in [0.2, 0.25) is 0 Å². The van der Waals surface area contributed by atoms with Gasteiger partial charge in [-0.25, -0.2) is 0 Å². The molecule has 0 bridgehead atoms. The maximum atomic E-state index is 7.22. The van der Waals surface area contributed by atoms with Crippen molar-refractivity contribution >= 4 is 43.4 Å². The van der Waals surface area contributed by atoms with Crippen molar-refractivity contribution in [2.75, 3.05) is 0 Å². The standard InChI is InChI=1S/C51H31NO/c1-3-15-36-32(12-1)14-11-19-37(36)34-24-27-35(28-25-34)52-45-30-26-33-13-2-4-16-38(33)48(45)49-46(52)31-29-44-50(49)53-47-23-10-9-22-43(47)51(44)41-20-7-5-17-39(41)40-18-6-8-21-42(40)51/h1-31H. The number of aromatic nitrogens is 1. The molecule has 0 unspecified atom stereocenters. The van der Waals surface area contributed by atoms with Gasteiger partial charge < -0.3 is 9.30 Å². The average molecular weight is 674 g/mol. The fourth-order valence-corrected chi connectivity index (χ4v) is 9.72. The van der Waals surface area contributed by atoms with E-state index in [2.05, 4.69) is 193 Å². The van der Waals surface area contributed by atoms with Gasteiger partial charge in [0.25, 0.3) is 0 Å². The number of ether oxygens (including phenoxy) is 1. The Bertz CT molecular complexity index is 3100. The number of rotatable bonds is 2. The van der Waals surface area contributed by atoms with Crippen molar-refractivity contribution in [3.63, 3.8) is 0 Å². The summed E-state index contributed by atoms with van der Waals surface area (Å²) in [6.45, 7) is 0. The first-order valence-corrected chi connectivity index (χ1v) is 18.4. The first kappa shape index (κ1) is 28.8. The lowest BCUT2D eigenvalue weighted by Crippen LogP contribution is -2.32. The van der Waals surface area contributed by atoms with Gasteiger partial charge in [-0.3, -0.25) is 0 Å². The van der Waals surface area contributed by atoms with Crippen molar-refractivity contribution < 1.29 is 4.74 Å². The van der Waals surface area contributed by atoms with Crippen LogP contribution >= 0.6 is 0 Å². The molecule has 2 nitrogen and oxygen atoms in total. The average Bonchev–Trinajstić information content (AvgIpc) is 3.73. The van der Waals surface area contributed by atoms with Crippen LogP contribution in [-0.4, -0.2) is 4.57 Å². The molecule has 0 fully saturated rings. The zero-order valence-corrected chi connectivity index (χ0v) is 28.8. The molecule has 2 aliphatic rings. The van der Waals surface area contributed by atoms with Crippen molar-refractivity contribution in [3.8, 4) is 39.4 Å². The summed E-state index contributed by atoms with van der Waals surface area (Å²) in [5, 5.41) is 7.30. The summed E-state index contributed by atoms with van der Waals surface area (Å²) >= 11 is 0. The Morgan fingerprint density at radius 3 is 1.72 bits per heavy atom. The smallest absolute Gasteiger partial charge is 0.142 e. The Labute approximate surface area is 306 Å². The van der Waals surface area contributed by atoms with Gasteiger partial charge in [0, 0.05) is 22.2 Å². The van der Waals surface area contributed by atoms with Crippen LogP contribution in [0.15, 0.2) is 188 Å². The third-order valence-electron chi connectivity index (χ3n) is 11.9. The number of nitrogens with zero attached hydrogens (tertiary/aromatic N) is 1. The van der Waals surface area contributed by atoms with E-state index in [0.717, 1.165) is 33.6 Å². The van der Waals surface area contributed by atoms with E-state index in [1.165, 1.54) is 71.4 Å². The summed E-state index contributed by atoms with van der Waals surface area (Å²) in [7, 11) is 0. The fraction of sp³-hybridized carbons (Fsp3) is 0.0196. The summed E-state index contributed by atoms with van der Waals surface area (Å²) in [4.78, 5) is 0. The molecule has 2 heterocycles. The van der Waals surface area contributed by atoms with Crippen LogP contribution in [0.4, 0.5) is 0 Å². The van der Waals surface area contributed by atoms with Crippen LogP contribution < -0.4 is 4.74 Å². The number of benzene rings is 9. The summed E-state index contributed by atoms with van der Waals surface area (Å²) in [6, 6.07) is 68.8. The van der Waals surface area contributed by atoms with Gasteiger partial charge in [0.1, 0.15) is 11.5 Å². The zero-order valence-electron chi connectivity index (χ0n) is 28.8. The quantitative estimate of drug-likeness (QED) is 0.178. The van der Waals surface area contributed by atoms with Gasteiger partial charge >= 0.3 is 0 Å². The van der Waals surface area contributed by atoms with Crippen molar-refractivity contribution in [1.29, 1.82) is 0 Å². The molecule has 0 saturated heterocycles. The van der Waals surface area contributed by atoms with E-state index in [1.807, 2.05) is 0 Å². The molecule has 10 aromatic rings. The first-order chi connectivity index (χ1) is 26.3. The van der Waals surface area contributed by atoms with Gasteiger partial charge in [0.05, 0.1) is 21.8 Å². The highest BCUT2D eigenvalue weighted by Gasteiger charge is 2.51. The molecule has 1 aliphatic carbocycles. The highest BCUT2D eigenvalue weighted by atomic mass is 16.5. The Morgan fingerprint density at radius 1 is 0.377 bits per heavy atom. The monoisotopic (exact) mass is 673 g/mol. The maximum Gasteiger partial charge on any atom is 0.142 e. The van der Waals surface area contributed by atoms with Gasteiger partial charge in [0.15, 0.2) is 0 Å². The van der Waals surface area contributed by atoms with Crippen LogP contribution in [0.3, 0.4) is 0 Å². The second-order valence-corrected chi connectivity index (χ2v) is 14.4. The van der Waals surface area contributed by atoms with Crippen LogP contribution in [0.5, 0.6) is 11.5 Å². The predicted molar refractivity (Wildman–Crippen MR) is 219 cm³/mol. The van der Waals surface area contributed by atoms with Gasteiger partial charge in [-0.2, -0.15) is 0 Å². The van der Waals surface area contributed by atoms with E-state index in [9.17, 15) is 0 Å². The second kappa shape index (κ2) is 10.6. The lowest BCUT2D eigenvalue weighted by Gasteiger charge is -2.39. The van der Waals surface area contributed by atoms with Crippen molar-refractivity contribution in [2.45, 2.75) is 5.41 Å². The molecule has 0 amide bonds. The molecule has 246 valence electrons. The van der Waals surface area contributed by atoms with E-state index in [-0.39, 0.29) is 0 Å². The topological polar surface area (TPSA) is 14.2 Å². The van der Waals surface area contributed by atoms with Crippen LogP contribution in [0.1, 0.15) is 22.3 Å². The van der Waals surface area contributed by atoms with Crippen LogP contribution in [0, 0.1) is 0 Å². The number of hydrogen-bond acceptors (Lipinski definition) is 1. The summed E-state index contributed by atoms with van der Waals surface area (Å²) in [5.74, 6) is 1.83. The molecule has 0 saturated carbocycles. The molecule has 1 spiro atoms. The minimum atomic E-state index is -0.523. The molecule has 1 aliphatic heterocycles. The molecular weight excluding hydrogens is 643 g/mol. The highest BCUT2D eigenvalue weighted by molar-refractivity contribution is 6.24. The third-order valence-corrected chi connectivity index (χ3v) is 11.9. The molecule has 0 N–H and O–H groups in total. The second-order valence-electron chi connectivity index (χ2n) is 14.4. The van der Waals surface area contributed by atoms with E-state index < -0.39 is 5.41 Å². The van der Waals surface area contributed by atoms with E-state index in [1.54, 1.807) is 0 Å². The zero-order chi connectivity index (χ0) is 34.7. The Morgan fingerprint density at radius 2 is 0.943 bits per heavy atom. The van der Waals surface area contributed by atoms with Crippen LogP contribution in [-0.2, 0) is 5.41 Å². The van der Waals surface area contributed by atoms with Crippen molar-refractivity contribution in [1.82, 2.24) is 4.57 Å². The molecule has 9 aromatic carbocycles. The molecule has 0 atom stereocenters. The van der Waals surface area contributed by atoms with Crippen molar-refractivity contribution in [3.05, 3.63) is 210 Å². The van der Waals surface area contributed by atoms with Gasteiger partial charge in [-0.1, -0.05) is 158 Å². The SMILES string of the molecule is c1ccc2c(c1)Oc1c(ccc3c1c1c4ccccc4ccc1n3-c1ccc(-c3cccc4ccccc34)cc1)C21c2ccccc2-c2ccccc21. The first-order valence-electron chi connectivity index (χ1n) is 18.4. The Kier molecular flexibility index (Phi) is 5.73. The summed E-state index contributed by atoms with van der Waals surface area (Å²) in [5.41, 5.74) is 12.9. The molecule has 53 heavy (non-hydrogen) atoms. The van der Waals surface area contributed by atoms with Gasteiger partial charge in [-0.05, 0) is 85.3 Å². The lowest BCUT2D eigenvalue weighted by atomic mass is 9.66. The summed E-state index contributed by atoms with van der Waals surface area (Å²) < 4.78 is 9.65. The Hall–Kier alpha value is -6.90. The lowest BCUT2D eigenvalue weighted by molar-refractivity contribution is 0.442. The number of para-hydroxylation sites is 1. The molecule has 2 heteroatoms. The molecule has 0 radical (unpaired) electrons. The minimum Gasteiger partial charge on any atom is -0.456 e. The maximum absolute atomic E-state index is 7.22. The fourth-order valence-electron chi connectivity index (χ4n) is 9.72. The molecular formula is C51H31NO. The highest BCUT2D eigenvalue weighted by Crippen LogP contribution is 2.63.